The van der Waals surface area contributed by atoms with Gasteiger partial charge in [-0.3, -0.25) is 14.5 Å². The fourth-order valence-electron chi connectivity index (χ4n) is 1.09. The molecular weight excluding hydrogens is 330 g/mol. The molecule has 1 N–H and O–H groups in total. The average Bonchev–Trinajstić information content (AvgIpc) is 2.59. The summed E-state index contributed by atoms with van der Waals surface area (Å²) < 4.78 is 8.92. The number of esters is 2. The first-order valence-electron chi connectivity index (χ1n) is 7.02. The minimum Gasteiger partial charge on any atom is -0.466 e. The molecule has 0 aliphatic carbocycles. The minimum atomic E-state index is -0.784. The molecule has 138 valence electrons. The summed E-state index contributed by atoms with van der Waals surface area (Å²) in [6, 6.07) is 0. The van der Waals surface area contributed by atoms with Crippen molar-refractivity contribution in [3.05, 3.63) is 49.1 Å². The van der Waals surface area contributed by atoms with E-state index in [4.69, 9.17) is 5.11 Å². The van der Waals surface area contributed by atoms with Crippen LogP contribution in [0, 0.1) is 0 Å². The number of ether oxygens (including phenoxy) is 2. The maximum atomic E-state index is 11.5. The number of hydrogen-bond acceptors (Lipinski definition) is 7. The number of hydrogen-bond donors (Lipinski definition) is 1. The number of aliphatic hydroxyl groups is 1. The Bertz CT molecular complexity index is 576. The van der Waals surface area contributed by atoms with Gasteiger partial charge in [0.1, 0.15) is 6.73 Å². The second-order valence-electron chi connectivity index (χ2n) is 4.30. The van der Waals surface area contributed by atoms with Crippen LogP contribution in [-0.2, 0) is 28.7 Å². The molecule has 8 nitrogen and oxygen atoms in total. The van der Waals surface area contributed by atoms with Crippen LogP contribution >= 0.6 is 0 Å². The average molecular weight is 353 g/mol. The molecule has 0 rings (SSSR count). The normalized spacial score (nSPS) is 9.28. The van der Waals surface area contributed by atoms with Gasteiger partial charge in [0, 0.05) is 11.6 Å². The summed E-state index contributed by atoms with van der Waals surface area (Å²) in [5, 5.41) is 8.85. The van der Waals surface area contributed by atoms with Gasteiger partial charge in [0.25, 0.3) is 11.8 Å². The molecule has 0 spiro atoms. The van der Waals surface area contributed by atoms with Gasteiger partial charge in [-0.1, -0.05) is 19.7 Å². The van der Waals surface area contributed by atoms with Crippen LogP contribution in [0.1, 0.15) is 13.8 Å². The van der Waals surface area contributed by atoms with Crippen LogP contribution in [0.15, 0.2) is 49.1 Å². The van der Waals surface area contributed by atoms with Crippen LogP contribution in [0.25, 0.3) is 0 Å². The van der Waals surface area contributed by atoms with Gasteiger partial charge >= 0.3 is 11.9 Å². The molecular formula is C17H23NO7. The topological polar surface area (TPSA) is 110 Å². The second kappa shape index (κ2) is 13.4. The highest BCUT2D eigenvalue weighted by Gasteiger charge is 2.15. The van der Waals surface area contributed by atoms with E-state index < -0.39 is 24.5 Å². The molecule has 0 aliphatic heterocycles. The van der Waals surface area contributed by atoms with E-state index in [1.165, 1.54) is 7.11 Å². The van der Waals surface area contributed by atoms with Gasteiger partial charge in [0.15, 0.2) is 0 Å². The lowest BCUT2D eigenvalue weighted by atomic mass is 10.2. The molecule has 0 atom stereocenters. The van der Waals surface area contributed by atoms with Gasteiger partial charge in [-0.25, -0.2) is 9.59 Å². The SMILES string of the molecule is C=C(C)C(=O)OC.C=CC(=O)N(CO)C(=O)C=CC(=C)C(=O)OCC. The van der Waals surface area contributed by atoms with E-state index in [2.05, 4.69) is 29.2 Å². The smallest absolute Gasteiger partial charge is 0.337 e. The molecule has 0 unspecified atom stereocenters. The summed E-state index contributed by atoms with van der Waals surface area (Å²) in [6.45, 7) is 12.6. The molecule has 0 aromatic carbocycles. The van der Waals surface area contributed by atoms with Crippen molar-refractivity contribution >= 4 is 23.8 Å². The van der Waals surface area contributed by atoms with E-state index in [-0.39, 0.29) is 18.1 Å². The van der Waals surface area contributed by atoms with E-state index in [1.807, 2.05) is 0 Å². The standard InChI is InChI=1S/C12H15NO5.C5H8O2/c1-4-10(15)13(8-14)11(16)7-6-9(3)12(17)18-5-2;1-4(2)5(6)7-3/h4,6-7,14H,1,3,5,8H2,2H3;1H2,2-3H3. The number of amides is 2. The molecule has 25 heavy (non-hydrogen) atoms. The third kappa shape index (κ3) is 10.4. The quantitative estimate of drug-likeness (QED) is 0.313. The van der Waals surface area contributed by atoms with Crippen molar-refractivity contribution in [1.29, 1.82) is 0 Å². The van der Waals surface area contributed by atoms with E-state index in [1.54, 1.807) is 13.8 Å². The number of nitrogens with zero attached hydrogens (tertiary/aromatic N) is 1. The zero-order valence-corrected chi connectivity index (χ0v) is 14.6. The molecule has 0 bridgehead atoms. The predicted molar refractivity (Wildman–Crippen MR) is 90.9 cm³/mol. The molecule has 0 saturated heterocycles. The fraction of sp³-hybridized carbons (Fsp3) is 0.294. The lowest BCUT2D eigenvalue weighted by Crippen LogP contribution is -2.35. The van der Waals surface area contributed by atoms with Crippen molar-refractivity contribution in [2.45, 2.75) is 13.8 Å². The zero-order chi connectivity index (χ0) is 20.0. The van der Waals surface area contributed by atoms with E-state index in [9.17, 15) is 19.2 Å². The second-order valence-corrected chi connectivity index (χ2v) is 4.30. The highest BCUT2D eigenvalue weighted by molar-refractivity contribution is 6.05. The van der Waals surface area contributed by atoms with Crippen LogP contribution in [0.4, 0.5) is 0 Å². The Hall–Kier alpha value is -3.00. The molecule has 8 heteroatoms. The number of aliphatic hydroxyl groups excluding tert-OH is 1. The Morgan fingerprint density at radius 3 is 1.96 bits per heavy atom. The first kappa shape index (κ1) is 24.3. The van der Waals surface area contributed by atoms with Crippen LogP contribution in [0.3, 0.4) is 0 Å². The Morgan fingerprint density at radius 1 is 1.08 bits per heavy atom. The molecule has 0 fully saturated rings. The van der Waals surface area contributed by atoms with Crippen molar-refractivity contribution in [2.75, 3.05) is 20.4 Å². The maximum Gasteiger partial charge on any atom is 0.337 e. The van der Waals surface area contributed by atoms with Gasteiger partial charge in [0.05, 0.1) is 19.3 Å². The van der Waals surface area contributed by atoms with Crippen LogP contribution < -0.4 is 0 Å². The first-order valence-corrected chi connectivity index (χ1v) is 7.02. The highest BCUT2D eigenvalue weighted by atomic mass is 16.5. The Kier molecular flexibility index (Phi) is 13.0. The van der Waals surface area contributed by atoms with Crippen LogP contribution in [-0.4, -0.2) is 54.2 Å². The molecule has 2 amide bonds. The molecule has 0 aliphatic rings. The van der Waals surface area contributed by atoms with Gasteiger partial charge < -0.3 is 14.6 Å². The van der Waals surface area contributed by atoms with Crippen molar-refractivity contribution in [1.82, 2.24) is 4.90 Å². The van der Waals surface area contributed by atoms with Gasteiger partial charge in [0.2, 0.25) is 0 Å². The lowest BCUT2D eigenvalue weighted by molar-refractivity contribution is -0.143. The van der Waals surface area contributed by atoms with Crippen molar-refractivity contribution in [3.8, 4) is 0 Å². The van der Waals surface area contributed by atoms with Gasteiger partial charge in [-0.05, 0) is 26.0 Å². The molecule has 0 saturated carbocycles. The van der Waals surface area contributed by atoms with Crippen molar-refractivity contribution in [3.63, 3.8) is 0 Å². The lowest BCUT2D eigenvalue weighted by Gasteiger charge is -2.13. The van der Waals surface area contributed by atoms with E-state index in [0.29, 0.717) is 10.5 Å². The number of imide groups is 1. The summed E-state index contributed by atoms with van der Waals surface area (Å²) in [5.74, 6) is -2.53. The summed E-state index contributed by atoms with van der Waals surface area (Å²) in [5.41, 5.74) is 0.400. The van der Waals surface area contributed by atoms with E-state index >= 15 is 0 Å². The molecule has 0 aromatic heterocycles. The summed E-state index contributed by atoms with van der Waals surface area (Å²) in [4.78, 5) is 44.5. The van der Waals surface area contributed by atoms with Gasteiger partial charge in [-0.15, -0.1) is 0 Å². The number of rotatable bonds is 7. The number of methoxy groups -OCH3 is 1. The minimum absolute atomic E-state index is 0.0332. The Morgan fingerprint density at radius 2 is 1.64 bits per heavy atom. The summed E-state index contributed by atoms with van der Waals surface area (Å²) in [7, 11) is 1.33. The maximum absolute atomic E-state index is 11.5. The molecule has 0 radical (unpaired) electrons. The number of carbonyl (C=O) groups excluding carboxylic acids is 4. The van der Waals surface area contributed by atoms with Crippen LogP contribution in [0.2, 0.25) is 0 Å². The van der Waals surface area contributed by atoms with Gasteiger partial charge in [-0.2, -0.15) is 0 Å². The third-order valence-corrected chi connectivity index (χ3v) is 2.35. The van der Waals surface area contributed by atoms with Crippen molar-refractivity contribution in [2.24, 2.45) is 0 Å². The summed E-state index contributed by atoms with van der Waals surface area (Å²) >= 11 is 0. The highest BCUT2D eigenvalue weighted by Crippen LogP contribution is 1.99. The largest absolute Gasteiger partial charge is 0.466 e. The number of carbonyl (C=O) groups is 4. The first-order chi connectivity index (χ1) is 11.7. The summed E-state index contributed by atoms with van der Waals surface area (Å²) in [6.07, 6.45) is 2.94. The fourth-order valence-corrected chi connectivity index (χ4v) is 1.09. The Labute approximate surface area is 146 Å². The zero-order valence-electron chi connectivity index (χ0n) is 14.6. The van der Waals surface area contributed by atoms with Crippen LogP contribution in [0.5, 0.6) is 0 Å². The molecule has 0 aromatic rings. The molecule has 0 heterocycles. The Balaban J connectivity index is 0. The van der Waals surface area contributed by atoms with E-state index in [0.717, 1.165) is 18.2 Å². The van der Waals surface area contributed by atoms with Crippen molar-refractivity contribution < 1.29 is 33.8 Å². The monoisotopic (exact) mass is 353 g/mol. The third-order valence-electron chi connectivity index (χ3n) is 2.35. The predicted octanol–water partition coefficient (Wildman–Crippen LogP) is 0.888.